The summed E-state index contributed by atoms with van der Waals surface area (Å²) in [5, 5.41) is 10.7. The van der Waals surface area contributed by atoms with E-state index in [1.54, 1.807) is 13.1 Å². The first-order valence-corrected chi connectivity index (χ1v) is 24.7. The maximum absolute atomic E-state index is 12.1. The summed E-state index contributed by atoms with van der Waals surface area (Å²) in [6.07, 6.45) is 4.81. The van der Waals surface area contributed by atoms with Crippen LogP contribution in [-0.2, 0) is 30.7 Å². The molecule has 8 heterocycles. The number of carbonyl (C=O) groups excluding carboxylic acids is 1. The number of carbonyl (C=O) groups is 2. The third kappa shape index (κ3) is 10.3. The standard InChI is InChI=1S/C25H31N7O2S.C23H27N7O2S/c1-4-34-24(33)20-14-27-23(35-20)18-6-5-17-11-16(2)32(15-19(17)12-18)22-13-21(28-25(26)29-22)31-9-7-30(3)8-10-31;1-14-9-15-3-4-16(21-25-12-18(33-21)22(31)32)10-17(15)13-30(14)20-11-19(26-23(24)27-20)29-7-5-28(2)6-8-29/h5-6,12-14,16H,4,7-11,15H2,1-3H3,(H2,26,28,29);3-4,10-12,14H,5-9,13H2,1-2H3,(H,31,32)(H2,24,26,27). The fourth-order valence-electron chi connectivity index (χ4n) is 9.14. The normalized spacial score (nSPS) is 18.7. The number of ether oxygens (including phenoxy) is 1. The zero-order chi connectivity index (χ0) is 47.6. The summed E-state index contributed by atoms with van der Waals surface area (Å²) in [7, 11) is 4.27. The number of aromatic nitrogens is 6. The van der Waals surface area contributed by atoms with E-state index >= 15 is 0 Å². The summed E-state index contributed by atoms with van der Waals surface area (Å²) in [6.45, 7) is 15.7. The molecule has 356 valence electrons. The Labute approximate surface area is 404 Å². The van der Waals surface area contributed by atoms with Crippen LogP contribution in [0.25, 0.3) is 21.1 Å². The summed E-state index contributed by atoms with van der Waals surface area (Å²) < 4.78 is 5.11. The number of rotatable bonds is 9. The lowest BCUT2D eigenvalue weighted by Gasteiger charge is -2.37. The number of nitrogens with zero attached hydrogens (tertiary/aromatic N) is 12. The largest absolute Gasteiger partial charge is 0.477 e. The molecule has 0 aliphatic carbocycles. The smallest absolute Gasteiger partial charge is 0.349 e. The molecule has 4 aliphatic heterocycles. The third-order valence-corrected chi connectivity index (χ3v) is 15.1. The number of benzene rings is 2. The minimum absolute atomic E-state index is 0.242. The Hall–Kier alpha value is -6.48. The van der Waals surface area contributed by atoms with Crippen LogP contribution >= 0.6 is 22.7 Å². The number of likely N-dealkylation sites (N-methyl/N-ethyl adjacent to an activating group) is 2. The van der Waals surface area contributed by atoms with Gasteiger partial charge in [0.05, 0.1) is 19.0 Å². The van der Waals surface area contributed by atoms with Gasteiger partial charge in [0.25, 0.3) is 0 Å². The van der Waals surface area contributed by atoms with Crippen molar-refractivity contribution < 1.29 is 19.4 Å². The van der Waals surface area contributed by atoms with Crippen molar-refractivity contribution in [2.45, 2.75) is 58.8 Å². The number of carboxylic acids is 1. The van der Waals surface area contributed by atoms with Crippen LogP contribution in [0.4, 0.5) is 35.2 Å². The van der Waals surface area contributed by atoms with Gasteiger partial charge in [-0.05, 0) is 82.1 Å². The average molecular weight is 959 g/mol. The van der Waals surface area contributed by atoms with E-state index in [4.69, 9.17) is 16.2 Å². The second-order valence-corrected chi connectivity index (χ2v) is 19.9. The highest BCUT2D eigenvalue weighted by atomic mass is 32.1. The maximum Gasteiger partial charge on any atom is 0.349 e. The quantitative estimate of drug-likeness (QED) is 0.150. The zero-order valence-electron chi connectivity index (χ0n) is 39.1. The molecule has 0 bridgehead atoms. The number of aromatic carboxylic acids is 1. The van der Waals surface area contributed by atoms with Gasteiger partial charge in [0.1, 0.15) is 43.0 Å². The number of fused-ring (bicyclic) bond motifs is 2. The van der Waals surface area contributed by atoms with Crippen LogP contribution in [0, 0.1) is 0 Å². The second-order valence-electron chi connectivity index (χ2n) is 17.9. The van der Waals surface area contributed by atoms with Crippen LogP contribution in [0.2, 0.25) is 0 Å². The number of hydrogen-bond acceptors (Lipinski definition) is 19. The lowest BCUT2D eigenvalue weighted by Crippen LogP contribution is -2.45. The Bertz CT molecular complexity index is 2790. The lowest BCUT2D eigenvalue weighted by molar-refractivity contribution is 0.0531. The molecular formula is C48H58N14O4S2. The van der Waals surface area contributed by atoms with E-state index in [0.717, 1.165) is 111 Å². The van der Waals surface area contributed by atoms with Gasteiger partial charge in [0.15, 0.2) is 0 Å². The van der Waals surface area contributed by atoms with Gasteiger partial charge in [-0.15, -0.1) is 22.7 Å². The molecule has 10 rings (SSSR count). The zero-order valence-corrected chi connectivity index (χ0v) is 40.8. The molecule has 0 amide bonds. The van der Waals surface area contributed by atoms with Crippen LogP contribution < -0.4 is 31.1 Å². The molecule has 2 saturated heterocycles. The number of nitrogen functional groups attached to an aromatic ring is 2. The number of thiazole rings is 2. The molecule has 68 heavy (non-hydrogen) atoms. The van der Waals surface area contributed by atoms with E-state index in [2.05, 4.69) is 124 Å². The van der Waals surface area contributed by atoms with Crippen molar-refractivity contribution in [2.75, 3.05) is 104 Å². The van der Waals surface area contributed by atoms with Gasteiger partial charge in [-0.3, -0.25) is 0 Å². The molecule has 2 aromatic carbocycles. The summed E-state index contributed by atoms with van der Waals surface area (Å²) in [4.78, 5) is 64.8. The van der Waals surface area contributed by atoms with Crippen LogP contribution in [0.1, 0.15) is 62.4 Å². The SMILES string of the molecule is CC1Cc2ccc(-c3ncc(C(=O)O)s3)cc2CN1c1cc(N2CCN(C)CC2)nc(N)n1.CCOC(=O)c1cnc(-c2ccc3c(c2)CN(c2cc(N4CCN(C)CC4)nc(N)n2)C(C)C3)s1. The number of carboxylic acid groups (broad SMARTS) is 1. The number of nitrogens with two attached hydrogens (primary N) is 2. The topological polar surface area (TPSA) is 212 Å². The Morgan fingerprint density at radius 3 is 1.49 bits per heavy atom. The van der Waals surface area contributed by atoms with Gasteiger partial charge >= 0.3 is 11.9 Å². The molecule has 0 saturated carbocycles. The Kier molecular flexibility index (Phi) is 13.7. The van der Waals surface area contributed by atoms with Gasteiger partial charge < -0.3 is 50.7 Å². The summed E-state index contributed by atoms with van der Waals surface area (Å²) in [5.74, 6) is 2.77. The Balaban J connectivity index is 0.000000170. The minimum Gasteiger partial charge on any atom is -0.477 e. The highest BCUT2D eigenvalue weighted by Gasteiger charge is 2.29. The number of anilines is 6. The van der Waals surface area contributed by atoms with Gasteiger partial charge in [0.2, 0.25) is 11.9 Å². The Morgan fingerprint density at radius 2 is 1.06 bits per heavy atom. The predicted octanol–water partition coefficient (Wildman–Crippen LogP) is 5.65. The van der Waals surface area contributed by atoms with Crippen LogP contribution in [0.15, 0.2) is 60.9 Å². The van der Waals surface area contributed by atoms with Crippen LogP contribution in [0.5, 0.6) is 0 Å². The van der Waals surface area contributed by atoms with Gasteiger partial charge in [-0.2, -0.15) is 19.9 Å². The highest BCUT2D eigenvalue weighted by molar-refractivity contribution is 7.17. The number of esters is 1. The predicted molar refractivity (Wildman–Crippen MR) is 269 cm³/mol. The number of hydrogen-bond donors (Lipinski definition) is 3. The molecule has 4 aliphatic rings. The highest BCUT2D eigenvalue weighted by Crippen LogP contribution is 2.36. The number of piperazine rings is 2. The van der Waals surface area contributed by atoms with Gasteiger partial charge in [-0.1, -0.05) is 24.3 Å². The summed E-state index contributed by atoms with van der Waals surface area (Å²) >= 11 is 2.55. The molecule has 0 spiro atoms. The van der Waals surface area contributed by atoms with E-state index < -0.39 is 5.97 Å². The third-order valence-electron chi connectivity index (χ3n) is 13.1. The molecule has 4 aromatic heterocycles. The maximum atomic E-state index is 12.1. The van der Waals surface area contributed by atoms with Crippen molar-refractivity contribution in [3.63, 3.8) is 0 Å². The van der Waals surface area contributed by atoms with Crippen molar-refractivity contribution in [2.24, 2.45) is 0 Å². The molecule has 2 unspecified atom stereocenters. The fourth-order valence-corrected chi connectivity index (χ4v) is 10.7. The van der Waals surface area contributed by atoms with E-state index in [1.807, 2.05) is 12.1 Å². The van der Waals surface area contributed by atoms with E-state index in [0.29, 0.717) is 29.0 Å². The molecule has 20 heteroatoms. The fraction of sp³-hybridized carbons (Fsp3) is 0.417. The first-order valence-electron chi connectivity index (χ1n) is 23.0. The second kappa shape index (κ2) is 20.0. The van der Waals surface area contributed by atoms with Gasteiger partial charge in [0, 0.05) is 101 Å². The first kappa shape index (κ1) is 46.6. The molecule has 2 fully saturated rings. The van der Waals surface area contributed by atoms with Crippen LogP contribution in [0.3, 0.4) is 0 Å². The molecule has 6 aromatic rings. The van der Waals surface area contributed by atoms with Crippen molar-refractivity contribution in [3.05, 3.63) is 92.9 Å². The van der Waals surface area contributed by atoms with Crippen molar-refractivity contribution in [1.82, 2.24) is 39.7 Å². The molecule has 0 radical (unpaired) electrons. The molecule has 18 nitrogen and oxygen atoms in total. The molecular weight excluding hydrogens is 901 g/mol. The van der Waals surface area contributed by atoms with E-state index in [9.17, 15) is 14.7 Å². The van der Waals surface area contributed by atoms with E-state index in [1.165, 1.54) is 51.1 Å². The molecule has 5 N–H and O–H groups in total. The van der Waals surface area contributed by atoms with Gasteiger partial charge in [-0.25, -0.2) is 19.6 Å². The monoisotopic (exact) mass is 958 g/mol. The average Bonchev–Trinajstić information content (AvgIpc) is 4.04. The van der Waals surface area contributed by atoms with Crippen LogP contribution in [-0.4, -0.2) is 142 Å². The summed E-state index contributed by atoms with van der Waals surface area (Å²) in [6, 6.07) is 17.4. The van der Waals surface area contributed by atoms with E-state index in [-0.39, 0.29) is 28.9 Å². The van der Waals surface area contributed by atoms with Crippen molar-refractivity contribution in [1.29, 1.82) is 0 Å². The summed E-state index contributed by atoms with van der Waals surface area (Å²) in [5.41, 5.74) is 19.2. The molecule has 2 atom stereocenters. The minimum atomic E-state index is -0.950. The van der Waals surface area contributed by atoms with Crippen molar-refractivity contribution >= 4 is 69.8 Å². The van der Waals surface area contributed by atoms with Crippen molar-refractivity contribution in [3.8, 4) is 21.1 Å². The lowest BCUT2D eigenvalue weighted by atomic mass is 9.93. The first-order chi connectivity index (χ1) is 32.8. The Morgan fingerprint density at radius 1 is 0.632 bits per heavy atom.